The van der Waals surface area contributed by atoms with Crippen LogP contribution in [0.5, 0.6) is 0 Å². The van der Waals surface area contributed by atoms with Crippen molar-refractivity contribution in [2.75, 3.05) is 0 Å². The third-order valence-electron chi connectivity index (χ3n) is 4.57. The molecule has 5 aromatic carbocycles. The van der Waals surface area contributed by atoms with Crippen LogP contribution in [0, 0.1) is 6.92 Å². The van der Waals surface area contributed by atoms with Gasteiger partial charge in [0.2, 0.25) is 0 Å². The third kappa shape index (κ3) is 1.32. The Balaban J connectivity index is 2.25. The van der Waals surface area contributed by atoms with E-state index in [0.29, 0.717) is 0 Å². The van der Waals surface area contributed by atoms with Gasteiger partial charge in [-0.3, -0.25) is 0 Å². The number of benzene rings is 5. The van der Waals surface area contributed by atoms with Crippen molar-refractivity contribution >= 4 is 43.1 Å². The van der Waals surface area contributed by atoms with E-state index in [4.69, 9.17) is 0 Å². The average Bonchev–Trinajstić information content (AvgIpc) is 2.53. The number of rotatable bonds is 0. The topological polar surface area (TPSA) is 0 Å². The summed E-state index contributed by atoms with van der Waals surface area (Å²) >= 11 is 0. The van der Waals surface area contributed by atoms with E-state index in [9.17, 15) is 0 Å². The van der Waals surface area contributed by atoms with Crippen molar-refractivity contribution in [3.05, 3.63) is 79.2 Å². The fourth-order valence-corrected chi connectivity index (χ4v) is 3.65. The lowest BCUT2D eigenvalue weighted by molar-refractivity contribution is 1.73. The fraction of sp³-hybridized carbons (Fsp3) is 0. The van der Waals surface area contributed by atoms with E-state index in [1.54, 1.807) is 0 Å². The Morgan fingerprint density at radius 2 is 1.33 bits per heavy atom. The Labute approximate surface area is 123 Å². The minimum atomic E-state index is 1.11. The van der Waals surface area contributed by atoms with Crippen molar-refractivity contribution in [3.8, 4) is 0 Å². The summed E-state index contributed by atoms with van der Waals surface area (Å²) in [7, 11) is 0. The van der Waals surface area contributed by atoms with E-state index in [0.717, 1.165) is 5.56 Å². The van der Waals surface area contributed by atoms with E-state index in [2.05, 4.69) is 73.7 Å². The highest BCUT2D eigenvalue weighted by molar-refractivity contribution is 6.29. The Hall–Kier alpha value is -2.73. The van der Waals surface area contributed by atoms with Crippen molar-refractivity contribution in [2.24, 2.45) is 0 Å². The van der Waals surface area contributed by atoms with Gasteiger partial charge in [-0.2, -0.15) is 18.6 Å². The summed E-state index contributed by atoms with van der Waals surface area (Å²) in [5.74, 6) is 0. The maximum atomic E-state index is 4.28. The normalized spacial score (nSPS) is 12.0. The zero-order valence-electron chi connectivity index (χ0n) is 11.6. The maximum Gasteiger partial charge on any atom is -0.0126 e. The van der Waals surface area contributed by atoms with Crippen LogP contribution in [0.3, 0.4) is 0 Å². The summed E-state index contributed by atoms with van der Waals surface area (Å²) in [4.78, 5) is 0. The summed E-state index contributed by atoms with van der Waals surface area (Å²) in [6.45, 7) is 4.28. The highest BCUT2D eigenvalue weighted by Gasteiger charge is 2.08. The van der Waals surface area contributed by atoms with Gasteiger partial charge in [0.25, 0.3) is 0 Å². The Morgan fingerprint density at radius 1 is 0.524 bits per heavy atom. The molecule has 0 saturated heterocycles. The standard InChI is InChI=1S/C21H13/c1-13-11-16-7-4-6-14-9-10-18-17-8-3-2-5-15(17)12-19(13)21(18)20(14)16/h2-12H,1H2/q-1. The van der Waals surface area contributed by atoms with Gasteiger partial charge in [-0.1, -0.05) is 65.4 Å². The molecule has 0 saturated carbocycles. The molecule has 0 unspecified atom stereocenters. The molecule has 98 valence electrons. The minimum Gasteiger partial charge on any atom is -0.198 e. The molecule has 0 amide bonds. The average molecular weight is 265 g/mol. The van der Waals surface area contributed by atoms with Crippen molar-refractivity contribution in [1.29, 1.82) is 0 Å². The first-order valence-electron chi connectivity index (χ1n) is 7.24. The third-order valence-corrected chi connectivity index (χ3v) is 4.57. The van der Waals surface area contributed by atoms with Gasteiger partial charge in [0.15, 0.2) is 0 Å². The minimum absolute atomic E-state index is 1.11. The van der Waals surface area contributed by atoms with E-state index in [1.807, 2.05) is 0 Å². The predicted molar refractivity (Wildman–Crippen MR) is 92.1 cm³/mol. The van der Waals surface area contributed by atoms with E-state index >= 15 is 0 Å². The number of hydrogen-bond acceptors (Lipinski definition) is 0. The summed E-state index contributed by atoms with van der Waals surface area (Å²) in [6.07, 6.45) is 0. The molecule has 0 spiro atoms. The van der Waals surface area contributed by atoms with Crippen molar-refractivity contribution < 1.29 is 0 Å². The van der Waals surface area contributed by atoms with Gasteiger partial charge in [0, 0.05) is 0 Å². The Morgan fingerprint density at radius 3 is 2.29 bits per heavy atom. The second-order valence-corrected chi connectivity index (χ2v) is 5.75. The Kier molecular flexibility index (Phi) is 1.92. The molecule has 0 aromatic heterocycles. The highest BCUT2D eigenvalue weighted by atomic mass is 14.1. The van der Waals surface area contributed by atoms with Crippen LogP contribution in [0.15, 0.2) is 66.7 Å². The van der Waals surface area contributed by atoms with Crippen LogP contribution in [-0.4, -0.2) is 0 Å². The number of hydrogen-bond donors (Lipinski definition) is 0. The van der Waals surface area contributed by atoms with Gasteiger partial charge in [0.05, 0.1) is 0 Å². The molecular weight excluding hydrogens is 252 g/mol. The highest BCUT2D eigenvalue weighted by Crippen LogP contribution is 2.39. The molecule has 0 aliphatic heterocycles. The van der Waals surface area contributed by atoms with Crippen molar-refractivity contribution in [1.82, 2.24) is 0 Å². The molecule has 5 rings (SSSR count). The second-order valence-electron chi connectivity index (χ2n) is 5.75. The molecule has 5 aromatic rings. The zero-order valence-corrected chi connectivity index (χ0v) is 11.6. The van der Waals surface area contributed by atoms with Crippen LogP contribution in [0.1, 0.15) is 5.56 Å². The smallest absolute Gasteiger partial charge is 0.0126 e. The first-order chi connectivity index (χ1) is 10.3. The molecule has 0 aliphatic rings. The van der Waals surface area contributed by atoms with Crippen molar-refractivity contribution in [2.45, 2.75) is 0 Å². The largest absolute Gasteiger partial charge is 0.198 e. The van der Waals surface area contributed by atoms with Crippen LogP contribution in [0.25, 0.3) is 43.1 Å². The lowest BCUT2D eigenvalue weighted by Crippen LogP contribution is -1.88. The molecule has 21 heavy (non-hydrogen) atoms. The molecule has 0 nitrogen and oxygen atoms in total. The van der Waals surface area contributed by atoms with Gasteiger partial charge in [-0.05, 0) is 26.9 Å². The quantitative estimate of drug-likeness (QED) is 0.185. The van der Waals surface area contributed by atoms with E-state index in [-0.39, 0.29) is 0 Å². The molecule has 0 aliphatic carbocycles. The van der Waals surface area contributed by atoms with Crippen LogP contribution < -0.4 is 0 Å². The fourth-order valence-electron chi connectivity index (χ4n) is 3.65. The van der Waals surface area contributed by atoms with Gasteiger partial charge in [-0.15, -0.1) is 11.5 Å². The first-order valence-corrected chi connectivity index (χ1v) is 7.24. The molecule has 0 heteroatoms. The molecule has 0 heterocycles. The molecular formula is C21H13-. The van der Waals surface area contributed by atoms with Crippen LogP contribution in [0.4, 0.5) is 0 Å². The number of fused-ring (bicyclic) bond motifs is 2. The lowest BCUT2D eigenvalue weighted by atomic mass is 9.89. The molecule has 0 radical (unpaired) electrons. The van der Waals surface area contributed by atoms with Crippen LogP contribution >= 0.6 is 0 Å². The molecule has 0 N–H and O–H groups in total. The van der Waals surface area contributed by atoms with Crippen molar-refractivity contribution in [3.63, 3.8) is 0 Å². The predicted octanol–water partition coefficient (Wildman–Crippen LogP) is 5.92. The van der Waals surface area contributed by atoms with Crippen LogP contribution in [-0.2, 0) is 0 Å². The lowest BCUT2D eigenvalue weighted by Gasteiger charge is -2.20. The maximum absolute atomic E-state index is 4.28. The van der Waals surface area contributed by atoms with Gasteiger partial charge in [-0.25, -0.2) is 0 Å². The van der Waals surface area contributed by atoms with E-state index < -0.39 is 0 Å². The summed E-state index contributed by atoms with van der Waals surface area (Å²) in [5, 5.41) is 10.5. The SMILES string of the molecule is [CH2-]c1cc2cccc3ccc4c5ccccc5cc1c4c32. The van der Waals surface area contributed by atoms with Crippen LogP contribution in [0.2, 0.25) is 0 Å². The summed E-state index contributed by atoms with van der Waals surface area (Å²) in [5.41, 5.74) is 1.11. The zero-order chi connectivity index (χ0) is 14.0. The Bertz CT molecular complexity index is 1130. The first kappa shape index (κ1) is 11.0. The molecule has 0 bridgehead atoms. The summed E-state index contributed by atoms with van der Waals surface area (Å²) < 4.78 is 0. The van der Waals surface area contributed by atoms with Gasteiger partial charge >= 0.3 is 0 Å². The van der Waals surface area contributed by atoms with Gasteiger partial charge in [0.1, 0.15) is 0 Å². The van der Waals surface area contributed by atoms with E-state index in [1.165, 1.54) is 43.1 Å². The summed E-state index contributed by atoms with van der Waals surface area (Å²) in [6, 6.07) is 24.1. The van der Waals surface area contributed by atoms with Gasteiger partial charge < -0.3 is 0 Å². The second kappa shape index (κ2) is 3.67. The molecule has 0 fully saturated rings. The monoisotopic (exact) mass is 265 g/mol. The molecule has 0 atom stereocenters.